The number of pyridine rings is 1. The number of nitrogens with zero attached hydrogens (tertiary/aromatic N) is 1. The van der Waals surface area contributed by atoms with Gasteiger partial charge in [-0.05, 0) is 33.3 Å². The molecular formula is C14H24N2O3S. The Kier molecular flexibility index (Phi) is 6.58. The van der Waals surface area contributed by atoms with Crippen LogP contribution >= 0.6 is 0 Å². The normalized spacial score (nSPS) is 14.8. The number of hydrogen-bond acceptors (Lipinski definition) is 4. The molecule has 2 atom stereocenters. The zero-order valence-corrected chi connectivity index (χ0v) is 13.6. The molecule has 1 rings (SSSR count). The molecule has 0 aliphatic heterocycles. The zero-order chi connectivity index (χ0) is 15.2. The molecule has 0 amide bonds. The minimum Gasteiger partial charge on any atom is -0.475 e. The fraction of sp³-hybridized carbons (Fsp3) is 0.643. The van der Waals surface area contributed by atoms with Gasteiger partial charge < -0.3 is 9.47 Å². The van der Waals surface area contributed by atoms with Gasteiger partial charge in [-0.15, -0.1) is 0 Å². The summed E-state index contributed by atoms with van der Waals surface area (Å²) in [6.07, 6.45) is 1.74. The molecular weight excluding hydrogens is 276 g/mol. The molecule has 1 aromatic rings. The van der Waals surface area contributed by atoms with Crippen molar-refractivity contribution < 1.29 is 13.7 Å². The van der Waals surface area contributed by atoms with E-state index in [2.05, 4.69) is 9.71 Å². The van der Waals surface area contributed by atoms with Crippen LogP contribution in [0.25, 0.3) is 0 Å². The van der Waals surface area contributed by atoms with Crippen LogP contribution in [0.15, 0.2) is 18.3 Å². The third-order valence-corrected chi connectivity index (χ3v) is 4.32. The molecule has 1 N–H and O–H groups in total. The van der Waals surface area contributed by atoms with Gasteiger partial charge in [0, 0.05) is 25.4 Å². The van der Waals surface area contributed by atoms with Crippen LogP contribution in [0.4, 0.5) is 0 Å². The van der Waals surface area contributed by atoms with E-state index in [1.807, 2.05) is 39.8 Å². The van der Waals surface area contributed by atoms with Gasteiger partial charge in [-0.25, -0.2) is 13.9 Å². The van der Waals surface area contributed by atoms with Crippen LogP contribution in [0.2, 0.25) is 0 Å². The van der Waals surface area contributed by atoms with Crippen molar-refractivity contribution >= 4 is 11.0 Å². The molecule has 1 unspecified atom stereocenters. The van der Waals surface area contributed by atoms with Crippen molar-refractivity contribution in [1.29, 1.82) is 0 Å². The second-order valence-corrected chi connectivity index (χ2v) is 7.49. The van der Waals surface area contributed by atoms with E-state index in [1.165, 1.54) is 0 Å². The van der Waals surface area contributed by atoms with E-state index in [1.54, 1.807) is 13.3 Å². The first kappa shape index (κ1) is 17.1. The highest BCUT2D eigenvalue weighted by atomic mass is 32.2. The van der Waals surface area contributed by atoms with E-state index in [-0.39, 0.29) is 10.8 Å². The number of aromatic nitrogens is 1. The summed E-state index contributed by atoms with van der Waals surface area (Å²) in [4.78, 5) is 4.22. The van der Waals surface area contributed by atoms with Crippen LogP contribution in [0.3, 0.4) is 0 Å². The summed E-state index contributed by atoms with van der Waals surface area (Å²) in [5.74, 6) is 0.565. The Hall–Kier alpha value is -0.980. The summed E-state index contributed by atoms with van der Waals surface area (Å²) in [6, 6.07) is 3.70. The standard InChI is InChI=1S/C14H24N2O3S/c1-11(16-20(17)14(2,3)4)12-6-7-13(15-10-12)19-9-8-18-5/h6-7,10-11,16H,8-9H2,1-5H3/t11-,20?/m1/s1. The summed E-state index contributed by atoms with van der Waals surface area (Å²) in [5.41, 5.74) is 0.974. The van der Waals surface area contributed by atoms with Crippen LogP contribution in [0, 0.1) is 0 Å². The molecule has 5 nitrogen and oxygen atoms in total. The molecule has 0 aromatic carbocycles. The largest absolute Gasteiger partial charge is 0.475 e. The van der Waals surface area contributed by atoms with E-state index in [0.29, 0.717) is 19.1 Å². The van der Waals surface area contributed by atoms with Crippen molar-refractivity contribution in [2.45, 2.75) is 38.5 Å². The number of methoxy groups -OCH3 is 1. The van der Waals surface area contributed by atoms with E-state index in [0.717, 1.165) is 5.56 Å². The van der Waals surface area contributed by atoms with E-state index in [4.69, 9.17) is 9.47 Å². The lowest BCUT2D eigenvalue weighted by Gasteiger charge is -2.22. The number of nitrogens with one attached hydrogen (secondary N) is 1. The van der Waals surface area contributed by atoms with E-state index < -0.39 is 11.0 Å². The van der Waals surface area contributed by atoms with Crippen molar-refractivity contribution in [3.8, 4) is 5.88 Å². The maximum absolute atomic E-state index is 12.0. The predicted octanol–water partition coefficient (Wildman–Crippen LogP) is 2.22. The molecule has 0 bridgehead atoms. The van der Waals surface area contributed by atoms with Gasteiger partial charge in [-0.1, -0.05) is 6.07 Å². The molecule has 114 valence electrons. The lowest BCUT2D eigenvalue weighted by molar-refractivity contribution is 0.143. The van der Waals surface area contributed by atoms with Gasteiger partial charge >= 0.3 is 0 Å². The van der Waals surface area contributed by atoms with E-state index in [9.17, 15) is 4.21 Å². The molecule has 6 heteroatoms. The lowest BCUT2D eigenvalue weighted by Crippen LogP contribution is -2.34. The second kappa shape index (κ2) is 7.71. The minimum absolute atomic E-state index is 0.0319. The third kappa shape index (κ3) is 5.56. The average Bonchev–Trinajstić information content (AvgIpc) is 2.38. The van der Waals surface area contributed by atoms with Gasteiger partial charge in [-0.2, -0.15) is 0 Å². The minimum atomic E-state index is -1.10. The van der Waals surface area contributed by atoms with Crippen LogP contribution < -0.4 is 9.46 Å². The maximum Gasteiger partial charge on any atom is 0.213 e. The Bertz CT molecular complexity index is 429. The van der Waals surface area contributed by atoms with Crippen LogP contribution in [-0.4, -0.2) is 34.3 Å². The van der Waals surface area contributed by atoms with Crippen molar-refractivity contribution in [2.75, 3.05) is 20.3 Å². The monoisotopic (exact) mass is 300 g/mol. The van der Waals surface area contributed by atoms with Gasteiger partial charge in [-0.3, -0.25) is 0 Å². The maximum atomic E-state index is 12.0. The average molecular weight is 300 g/mol. The topological polar surface area (TPSA) is 60.5 Å². The summed E-state index contributed by atoms with van der Waals surface area (Å²) in [5, 5.41) is 0. The molecule has 0 spiro atoms. The van der Waals surface area contributed by atoms with Crippen molar-refractivity contribution in [3.63, 3.8) is 0 Å². The highest BCUT2D eigenvalue weighted by Gasteiger charge is 2.21. The fourth-order valence-corrected chi connectivity index (χ4v) is 2.18. The Balaban J connectivity index is 2.57. The Morgan fingerprint density at radius 1 is 1.35 bits per heavy atom. The van der Waals surface area contributed by atoms with Gasteiger partial charge in [0.05, 0.1) is 22.3 Å². The highest BCUT2D eigenvalue weighted by Crippen LogP contribution is 2.18. The first-order valence-corrected chi connectivity index (χ1v) is 7.75. The third-order valence-electron chi connectivity index (χ3n) is 2.64. The van der Waals surface area contributed by atoms with Crippen LogP contribution in [0.1, 0.15) is 39.3 Å². The van der Waals surface area contributed by atoms with Gasteiger partial charge in [0.25, 0.3) is 0 Å². The summed E-state index contributed by atoms with van der Waals surface area (Å²) in [6.45, 7) is 8.79. The smallest absolute Gasteiger partial charge is 0.213 e. The fourth-order valence-electron chi connectivity index (χ4n) is 1.37. The summed E-state index contributed by atoms with van der Waals surface area (Å²) >= 11 is 0. The molecule has 1 heterocycles. The number of hydrogen-bond donors (Lipinski definition) is 1. The molecule has 0 aliphatic rings. The number of rotatable bonds is 7. The Labute approximate surface area is 123 Å². The molecule has 0 saturated heterocycles. The van der Waals surface area contributed by atoms with Gasteiger partial charge in [0.1, 0.15) is 6.61 Å². The zero-order valence-electron chi connectivity index (χ0n) is 12.8. The molecule has 0 saturated carbocycles. The second-order valence-electron chi connectivity index (χ2n) is 5.49. The molecule has 0 fully saturated rings. The van der Waals surface area contributed by atoms with Crippen molar-refractivity contribution in [1.82, 2.24) is 9.71 Å². The lowest BCUT2D eigenvalue weighted by atomic mass is 10.2. The summed E-state index contributed by atoms with van der Waals surface area (Å²) in [7, 11) is 0.523. The SMILES string of the molecule is COCCOc1ccc([C@@H](C)NS(=O)C(C)(C)C)cn1. The van der Waals surface area contributed by atoms with E-state index >= 15 is 0 Å². The van der Waals surface area contributed by atoms with Gasteiger partial charge in [0.15, 0.2) is 0 Å². The number of ether oxygens (including phenoxy) is 2. The predicted molar refractivity (Wildman–Crippen MR) is 81.1 cm³/mol. The molecule has 20 heavy (non-hydrogen) atoms. The molecule has 0 aliphatic carbocycles. The van der Waals surface area contributed by atoms with Crippen molar-refractivity contribution in [3.05, 3.63) is 23.9 Å². The first-order chi connectivity index (χ1) is 9.34. The van der Waals surface area contributed by atoms with Crippen LogP contribution in [-0.2, 0) is 15.7 Å². The van der Waals surface area contributed by atoms with Crippen molar-refractivity contribution in [2.24, 2.45) is 0 Å². The molecule has 1 aromatic heterocycles. The quantitative estimate of drug-likeness (QED) is 0.784. The summed E-state index contributed by atoms with van der Waals surface area (Å²) < 4.78 is 25.1. The Morgan fingerprint density at radius 2 is 2.05 bits per heavy atom. The molecule has 0 radical (unpaired) electrons. The van der Waals surface area contributed by atoms with Gasteiger partial charge in [0.2, 0.25) is 5.88 Å². The Morgan fingerprint density at radius 3 is 2.55 bits per heavy atom. The highest BCUT2D eigenvalue weighted by molar-refractivity contribution is 7.84. The van der Waals surface area contributed by atoms with Crippen LogP contribution in [0.5, 0.6) is 5.88 Å². The first-order valence-electron chi connectivity index (χ1n) is 6.60.